The lowest BCUT2D eigenvalue weighted by atomic mass is 10.1. The van der Waals surface area contributed by atoms with E-state index in [1.165, 1.54) is 6.42 Å². The van der Waals surface area contributed by atoms with Crippen molar-refractivity contribution in [1.29, 1.82) is 0 Å². The Balaban J connectivity index is 2.31. The molecular formula is C9H12BrNO. The molecule has 1 rings (SSSR count). The molecule has 1 saturated carbocycles. The predicted molar refractivity (Wildman–Crippen MR) is 51.6 cm³/mol. The summed E-state index contributed by atoms with van der Waals surface area (Å²) in [5.74, 6) is 2.97. The van der Waals surface area contributed by atoms with Crippen molar-refractivity contribution in [1.82, 2.24) is 5.32 Å². The van der Waals surface area contributed by atoms with E-state index < -0.39 is 0 Å². The highest BCUT2D eigenvalue weighted by molar-refractivity contribution is 9.12. The molecule has 1 fully saturated rings. The quantitative estimate of drug-likeness (QED) is 0.682. The van der Waals surface area contributed by atoms with Gasteiger partial charge in [-0.05, 0) is 30.0 Å². The van der Waals surface area contributed by atoms with Gasteiger partial charge in [0.15, 0.2) is 0 Å². The zero-order chi connectivity index (χ0) is 8.97. The smallest absolute Gasteiger partial charge is 0.296 e. The van der Waals surface area contributed by atoms with Gasteiger partial charge in [-0.1, -0.05) is 6.92 Å². The van der Waals surface area contributed by atoms with E-state index in [4.69, 9.17) is 0 Å². The van der Waals surface area contributed by atoms with Crippen molar-refractivity contribution in [3.8, 4) is 10.8 Å². The van der Waals surface area contributed by atoms with Gasteiger partial charge < -0.3 is 5.32 Å². The Morgan fingerprint density at radius 3 is 2.83 bits per heavy atom. The van der Waals surface area contributed by atoms with Crippen molar-refractivity contribution in [3.05, 3.63) is 0 Å². The van der Waals surface area contributed by atoms with Crippen molar-refractivity contribution in [2.75, 3.05) is 0 Å². The molecule has 0 aromatic carbocycles. The Kier molecular flexibility index (Phi) is 3.61. The first-order valence-corrected chi connectivity index (χ1v) is 4.94. The first-order valence-electron chi connectivity index (χ1n) is 4.14. The summed E-state index contributed by atoms with van der Waals surface area (Å²) >= 11 is 2.89. The minimum Gasteiger partial charge on any atom is -0.342 e. The molecule has 0 aromatic heterocycles. The molecule has 1 aliphatic rings. The zero-order valence-corrected chi connectivity index (χ0v) is 8.65. The van der Waals surface area contributed by atoms with Gasteiger partial charge in [0.1, 0.15) is 0 Å². The maximum absolute atomic E-state index is 11.0. The molecule has 1 N–H and O–H groups in total. The van der Waals surface area contributed by atoms with Crippen LogP contribution in [0.3, 0.4) is 0 Å². The number of amides is 1. The summed E-state index contributed by atoms with van der Waals surface area (Å²) in [4.78, 5) is 13.4. The molecule has 0 spiro atoms. The molecule has 12 heavy (non-hydrogen) atoms. The number of rotatable bonds is 1. The monoisotopic (exact) mass is 229 g/mol. The number of carbonyl (C=O) groups excluding carboxylic acids is 1. The van der Waals surface area contributed by atoms with E-state index in [2.05, 4.69) is 38.9 Å². The van der Waals surface area contributed by atoms with Gasteiger partial charge in [-0.25, -0.2) is 0 Å². The average Bonchev–Trinajstić information content (AvgIpc) is 2.36. The number of hydrogen-bond acceptors (Lipinski definition) is 1. The molecule has 0 aromatic rings. The fourth-order valence-electron chi connectivity index (χ4n) is 1.60. The van der Waals surface area contributed by atoms with Crippen LogP contribution in [0.1, 0.15) is 26.2 Å². The van der Waals surface area contributed by atoms with Crippen LogP contribution >= 0.6 is 15.9 Å². The van der Waals surface area contributed by atoms with Crippen LogP contribution in [0.25, 0.3) is 0 Å². The van der Waals surface area contributed by atoms with Crippen LogP contribution in [0.5, 0.6) is 0 Å². The number of hydrogen-bond donors (Lipinski definition) is 1. The van der Waals surface area contributed by atoms with Gasteiger partial charge in [-0.15, -0.1) is 0 Å². The molecule has 0 heterocycles. The van der Waals surface area contributed by atoms with E-state index in [0.29, 0.717) is 6.04 Å². The Morgan fingerprint density at radius 1 is 1.58 bits per heavy atom. The molecule has 1 amide bonds. The topological polar surface area (TPSA) is 29.1 Å². The molecule has 2 unspecified atom stereocenters. The van der Waals surface area contributed by atoms with E-state index in [-0.39, 0.29) is 5.91 Å². The maximum atomic E-state index is 11.0. The lowest BCUT2D eigenvalue weighted by molar-refractivity contribution is -0.116. The number of halogens is 1. The molecule has 66 valence electrons. The highest BCUT2D eigenvalue weighted by atomic mass is 79.9. The van der Waals surface area contributed by atoms with E-state index in [9.17, 15) is 4.79 Å². The fourth-order valence-corrected chi connectivity index (χ4v) is 1.78. The van der Waals surface area contributed by atoms with Crippen LogP contribution in [-0.4, -0.2) is 11.9 Å². The van der Waals surface area contributed by atoms with Gasteiger partial charge in [0.2, 0.25) is 0 Å². The van der Waals surface area contributed by atoms with Crippen LogP contribution < -0.4 is 5.32 Å². The van der Waals surface area contributed by atoms with E-state index in [1.54, 1.807) is 0 Å². The second-order valence-corrected chi connectivity index (χ2v) is 3.70. The molecule has 0 saturated heterocycles. The summed E-state index contributed by atoms with van der Waals surface area (Å²) in [5, 5.41) is 2.87. The number of carbonyl (C=O) groups is 1. The minimum absolute atomic E-state index is 0.175. The summed E-state index contributed by atoms with van der Waals surface area (Å²) in [6, 6.07) is 0.348. The summed E-state index contributed by atoms with van der Waals surface area (Å²) < 4.78 is 0. The molecule has 0 bridgehead atoms. The SMILES string of the molecule is CC1CCC(NC(=O)C#CBr)C1. The van der Waals surface area contributed by atoms with Gasteiger partial charge in [-0.3, -0.25) is 4.79 Å². The van der Waals surface area contributed by atoms with E-state index in [1.807, 2.05) is 0 Å². The van der Waals surface area contributed by atoms with Crippen LogP contribution in [0, 0.1) is 16.7 Å². The Morgan fingerprint density at radius 2 is 2.33 bits per heavy atom. The van der Waals surface area contributed by atoms with Crippen molar-refractivity contribution in [2.24, 2.45) is 5.92 Å². The van der Waals surface area contributed by atoms with Gasteiger partial charge >= 0.3 is 0 Å². The largest absolute Gasteiger partial charge is 0.342 e. The van der Waals surface area contributed by atoms with Crippen molar-refractivity contribution in [2.45, 2.75) is 32.2 Å². The Bertz CT molecular complexity index is 228. The molecule has 0 radical (unpaired) electrons. The predicted octanol–water partition coefficient (Wildman–Crippen LogP) is 1.65. The summed E-state index contributed by atoms with van der Waals surface area (Å²) in [6.07, 6.45) is 3.40. The lowest BCUT2D eigenvalue weighted by Gasteiger charge is -2.08. The van der Waals surface area contributed by atoms with Gasteiger partial charge in [0.05, 0.1) is 0 Å². The first-order chi connectivity index (χ1) is 5.72. The second-order valence-electron chi connectivity index (χ2n) is 3.31. The summed E-state index contributed by atoms with van der Waals surface area (Å²) in [7, 11) is 0. The second kappa shape index (κ2) is 4.51. The third-order valence-corrected chi connectivity index (χ3v) is 2.39. The highest BCUT2D eigenvalue weighted by Gasteiger charge is 2.21. The summed E-state index contributed by atoms with van der Waals surface area (Å²) in [6.45, 7) is 2.21. The molecule has 2 atom stereocenters. The average molecular weight is 230 g/mol. The lowest BCUT2D eigenvalue weighted by Crippen LogP contribution is -2.31. The molecule has 0 aliphatic heterocycles. The van der Waals surface area contributed by atoms with Crippen LogP contribution in [0.2, 0.25) is 0 Å². The fraction of sp³-hybridized carbons (Fsp3) is 0.667. The normalized spacial score (nSPS) is 27.5. The molecule has 2 nitrogen and oxygen atoms in total. The van der Waals surface area contributed by atoms with Gasteiger partial charge in [0.25, 0.3) is 5.91 Å². The number of nitrogens with one attached hydrogen (secondary N) is 1. The van der Waals surface area contributed by atoms with Crippen molar-refractivity contribution < 1.29 is 4.79 Å². The van der Waals surface area contributed by atoms with Crippen molar-refractivity contribution >= 4 is 21.8 Å². The third kappa shape index (κ3) is 2.86. The minimum atomic E-state index is -0.175. The Labute approximate surface area is 81.2 Å². The third-order valence-electron chi connectivity index (χ3n) is 2.19. The van der Waals surface area contributed by atoms with Gasteiger partial charge in [0, 0.05) is 27.9 Å². The molecule has 1 aliphatic carbocycles. The van der Waals surface area contributed by atoms with Crippen LogP contribution in [0.4, 0.5) is 0 Å². The molecular weight excluding hydrogens is 218 g/mol. The maximum Gasteiger partial charge on any atom is 0.296 e. The van der Waals surface area contributed by atoms with Gasteiger partial charge in [-0.2, -0.15) is 0 Å². The van der Waals surface area contributed by atoms with E-state index >= 15 is 0 Å². The van der Waals surface area contributed by atoms with Crippen LogP contribution in [-0.2, 0) is 4.79 Å². The van der Waals surface area contributed by atoms with Crippen LogP contribution in [0.15, 0.2) is 0 Å². The Hall–Kier alpha value is -0.490. The standard InChI is InChI=1S/C9H12BrNO/c1-7-2-3-8(6-7)11-9(12)4-5-10/h7-8H,2-3,6H2,1H3,(H,11,12). The zero-order valence-electron chi connectivity index (χ0n) is 7.06. The summed E-state index contributed by atoms with van der Waals surface area (Å²) in [5.41, 5.74) is 0. The first kappa shape index (κ1) is 9.60. The highest BCUT2D eigenvalue weighted by Crippen LogP contribution is 2.24. The van der Waals surface area contributed by atoms with Crippen molar-refractivity contribution in [3.63, 3.8) is 0 Å². The van der Waals surface area contributed by atoms with E-state index in [0.717, 1.165) is 18.8 Å². The molecule has 3 heteroatoms.